The van der Waals surface area contributed by atoms with E-state index in [1.165, 1.54) is 23.7 Å². The van der Waals surface area contributed by atoms with Crippen LogP contribution < -0.4 is 5.30 Å². The Bertz CT molecular complexity index is 456. The van der Waals surface area contributed by atoms with Gasteiger partial charge in [-0.3, -0.25) is 0 Å². The van der Waals surface area contributed by atoms with Gasteiger partial charge in [-0.05, 0) is 43.3 Å². The monoisotopic (exact) mass is 292 g/mol. The van der Waals surface area contributed by atoms with Gasteiger partial charge in [0, 0.05) is 5.56 Å². The summed E-state index contributed by atoms with van der Waals surface area (Å²) in [6.45, 7) is 9.01. The average Bonchev–Trinajstić information content (AvgIpc) is 2.93. The van der Waals surface area contributed by atoms with E-state index in [-0.39, 0.29) is 26.4 Å². The summed E-state index contributed by atoms with van der Waals surface area (Å²) in [6.07, 6.45) is 2.91. The lowest BCUT2D eigenvalue weighted by atomic mass is 10.2. The minimum absolute atomic E-state index is 0.0881. The molecule has 3 heteroatoms. The summed E-state index contributed by atoms with van der Waals surface area (Å²) in [5.74, 6) is 0. The van der Waals surface area contributed by atoms with E-state index in [0.29, 0.717) is 0 Å². The molecule has 2 aliphatic rings. The molecule has 1 aromatic carbocycles. The van der Waals surface area contributed by atoms with Gasteiger partial charge in [0.2, 0.25) is 0 Å². The molecule has 0 saturated carbocycles. The molecule has 0 aliphatic carbocycles. The zero-order valence-corrected chi connectivity index (χ0v) is 13.8. The Morgan fingerprint density at radius 1 is 0.900 bits per heavy atom. The predicted octanol–water partition coefficient (Wildman–Crippen LogP) is 4.19. The van der Waals surface area contributed by atoms with Gasteiger partial charge >= 0.3 is 0 Å². The van der Waals surface area contributed by atoms with E-state index >= 15 is 0 Å². The highest BCUT2D eigenvalue weighted by Crippen LogP contribution is 2.55. The summed E-state index contributed by atoms with van der Waals surface area (Å²) in [6, 6.07) is 8.78. The molecule has 0 spiro atoms. The summed E-state index contributed by atoms with van der Waals surface area (Å²) in [7, 11) is -0.0881. The van der Waals surface area contributed by atoms with Crippen LogP contribution in [-0.2, 0) is 9.47 Å². The van der Waals surface area contributed by atoms with Gasteiger partial charge in [-0.25, -0.2) is 0 Å². The van der Waals surface area contributed by atoms with Crippen molar-refractivity contribution in [2.75, 3.05) is 0 Å². The molecule has 4 atom stereocenters. The van der Waals surface area contributed by atoms with E-state index in [4.69, 9.17) is 9.47 Å². The number of rotatable bonds is 2. The SMILES string of the molecule is C[C@H]1OC(c2ccccc2P2[C@@H](C)CC[C@@H]2C)O[C@@H]1C. The number of hydrogen-bond donors (Lipinski definition) is 0. The molecule has 0 unspecified atom stereocenters. The molecule has 0 amide bonds. The third kappa shape index (κ3) is 2.54. The quantitative estimate of drug-likeness (QED) is 0.761. The standard InChI is InChI=1S/C17H25O2P/c1-11-9-10-12(2)20(11)16-8-6-5-7-15(16)17-18-13(3)14(4)19-17/h5-8,11-14,17H,9-10H2,1-4H3/t11-,12-,13+,14+/m0/s1. The molecule has 0 radical (unpaired) electrons. The van der Waals surface area contributed by atoms with Crippen LogP contribution in [0.25, 0.3) is 0 Å². The second kappa shape index (κ2) is 5.75. The molecule has 2 fully saturated rings. The minimum Gasteiger partial charge on any atom is -0.343 e. The fraction of sp³-hybridized carbons (Fsp3) is 0.647. The Balaban J connectivity index is 1.93. The Hall–Kier alpha value is -0.430. The molecule has 2 heterocycles. The van der Waals surface area contributed by atoms with E-state index in [1.807, 2.05) is 0 Å². The number of ether oxygens (including phenoxy) is 2. The van der Waals surface area contributed by atoms with E-state index in [2.05, 4.69) is 52.0 Å². The molecule has 110 valence electrons. The van der Waals surface area contributed by atoms with Crippen LogP contribution in [0.2, 0.25) is 0 Å². The van der Waals surface area contributed by atoms with Crippen LogP contribution in [-0.4, -0.2) is 23.5 Å². The van der Waals surface area contributed by atoms with E-state index in [9.17, 15) is 0 Å². The Labute approximate surface area is 123 Å². The molecule has 3 rings (SSSR count). The first-order valence-electron chi connectivity index (χ1n) is 7.76. The third-order valence-corrected chi connectivity index (χ3v) is 8.14. The van der Waals surface area contributed by atoms with Gasteiger partial charge in [-0.2, -0.15) is 0 Å². The summed E-state index contributed by atoms with van der Waals surface area (Å²) in [5.41, 5.74) is 2.91. The largest absolute Gasteiger partial charge is 0.343 e. The van der Waals surface area contributed by atoms with Crippen LogP contribution in [0, 0.1) is 0 Å². The molecule has 1 aromatic rings. The molecule has 2 aliphatic heterocycles. The van der Waals surface area contributed by atoms with Crippen molar-refractivity contribution in [2.45, 2.75) is 70.4 Å². The fourth-order valence-corrected chi connectivity index (χ4v) is 6.79. The summed E-state index contributed by atoms with van der Waals surface area (Å²) in [4.78, 5) is 0. The van der Waals surface area contributed by atoms with Crippen molar-refractivity contribution in [3.63, 3.8) is 0 Å². The predicted molar refractivity (Wildman–Crippen MR) is 85.0 cm³/mol. The molecular weight excluding hydrogens is 267 g/mol. The first-order valence-corrected chi connectivity index (χ1v) is 9.24. The molecule has 0 bridgehead atoms. The van der Waals surface area contributed by atoms with Gasteiger partial charge in [0.15, 0.2) is 6.29 Å². The normalized spacial score (nSPS) is 35.8. The van der Waals surface area contributed by atoms with E-state index in [0.717, 1.165) is 11.3 Å². The van der Waals surface area contributed by atoms with Crippen molar-refractivity contribution in [3.05, 3.63) is 29.8 Å². The summed E-state index contributed by atoms with van der Waals surface area (Å²) < 4.78 is 12.0. The van der Waals surface area contributed by atoms with Crippen LogP contribution in [0.4, 0.5) is 0 Å². The molecule has 0 aromatic heterocycles. The average molecular weight is 292 g/mol. The van der Waals surface area contributed by atoms with Crippen molar-refractivity contribution in [2.24, 2.45) is 0 Å². The van der Waals surface area contributed by atoms with Crippen LogP contribution in [0.5, 0.6) is 0 Å². The van der Waals surface area contributed by atoms with Gasteiger partial charge in [0.1, 0.15) is 0 Å². The van der Waals surface area contributed by atoms with Crippen molar-refractivity contribution in [3.8, 4) is 0 Å². The second-order valence-corrected chi connectivity index (χ2v) is 9.32. The molecule has 2 saturated heterocycles. The zero-order valence-electron chi connectivity index (χ0n) is 12.9. The molecule has 0 N–H and O–H groups in total. The molecule has 20 heavy (non-hydrogen) atoms. The van der Waals surface area contributed by atoms with Crippen molar-refractivity contribution >= 4 is 13.2 Å². The lowest BCUT2D eigenvalue weighted by molar-refractivity contribution is -0.0645. The van der Waals surface area contributed by atoms with Crippen LogP contribution >= 0.6 is 7.92 Å². The van der Waals surface area contributed by atoms with E-state index in [1.54, 1.807) is 0 Å². The second-order valence-electron chi connectivity index (χ2n) is 6.26. The highest BCUT2D eigenvalue weighted by atomic mass is 31.1. The van der Waals surface area contributed by atoms with Gasteiger partial charge in [-0.15, -0.1) is 0 Å². The van der Waals surface area contributed by atoms with Crippen molar-refractivity contribution in [1.82, 2.24) is 0 Å². The molecule has 2 nitrogen and oxygen atoms in total. The van der Waals surface area contributed by atoms with Crippen LogP contribution in [0.1, 0.15) is 52.4 Å². The zero-order chi connectivity index (χ0) is 14.3. The maximum Gasteiger partial charge on any atom is 0.185 e. The smallest absolute Gasteiger partial charge is 0.185 e. The maximum atomic E-state index is 6.02. The Kier molecular flexibility index (Phi) is 4.17. The highest BCUT2D eigenvalue weighted by molar-refractivity contribution is 7.67. The highest BCUT2D eigenvalue weighted by Gasteiger charge is 2.37. The number of benzene rings is 1. The lowest BCUT2D eigenvalue weighted by Crippen LogP contribution is -2.19. The van der Waals surface area contributed by atoms with Gasteiger partial charge < -0.3 is 9.47 Å². The first-order chi connectivity index (χ1) is 9.58. The van der Waals surface area contributed by atoms with Crippen LogP contribution in [0.15, 0.2) is 24.3 Å². The van der Waals surface area contributed by atoms with Gasteiger partial charge in [0.05, 0.1) is 12.2 Å². The maximum absolute atomic E-state index is 6.02. The van der Waals surface area contributed by atoms with E-state index < -0.39 is 0 Å². The Morgan fingerprint density at radius 2 is 1.45 bits per heavy atom. The summed E-state index contributed by atoms with van der Waals surface area (Å²) >= 11 is 0. The minimum atomic E-state index is -0.168. The van der Waals surface area contributed by atoms with Gasteiger partial charge in [0.25, 0.3) is 0 Å². The van der Waals surface area contributed by atoms with Crippen LogP contribution in [0.3, 0.4) is 0 Å². The third-order valence-electron chi connectivity index (χ3n) is 4.76. The topological polar surface area (TPSA) is 18.5 Å². The Morgan fingerprint density at radius 3 is 2.05 bits per heavy atom. The van der Waals surface area contributed by atoms with Crippen molar-refractivity contribution < 1.29 is 9.47 Å². The summed E-state index contributed by atoms with van der Waals surface area (Å²) in [5, 5.41) is 1.51. The first kappa shape index (κ1) is 14.5. The van der Waals surface area contributed by atoms with Gasteiger partial charge in [-0.1, -0.05) is 46.0 Å². The lowest BCUT2D eigenvalue weighted by Gasteiger charge is -2.26. The molecular formula is C17H25O2P. The number of hydrogen-bond acceptors (Lipinski definition) is 2. The van der Waals surface area contributed by atoms with Crippen molar-refractivity contribution in [1.29, 1.82) is 0 Å². The fourth-order valence-electron chi connectivity index (χ4n) is 3.38.